The molecule has 5 heteroatoms. The molecule has 5 nitrogen and oxygen atoms in total. The molecule has 3 heterocycles. The van der Waals surface area contributed by atoms with Crippen molar-refractivity contribution in [2.75, 3.05) is 23.4 Å². The van der Waals surface area contributed by atoms with E-state index in [2.05, 4.69) is 41.4 Å². The lowest BCUT2D eigenvalue weighted by Gasteiger charge is -2.46. The number of benzene rings is 1. The predicted molar refractivity (Wildman–Crippen MR) is 124 cm³/mol. The maximum atomic E-state index is 12.8. The number of amides is 1. The van der Waals surface area contributed by atoms with Gasteiger partial charge in [0.1, 0.15) is 5.82 Å². The fraction of sp³-hybridized carbons (Fsp3) is 0.462. The van der Waals surface area contributed by atoms with Crippen LogP contribution in [0.25, 0.3) is 5.57 Å². The molecule has 0 spiro atoms. The fourth-order valence-electron chi connectivity index (χ4n) is 5.34. The number of nitrogens with zero attached hydrogens (tertiary/aromatic N) is 2. The SMILES string of the molecule is CC(=O)N1c2ccc(C3=CCOCC3)cc2[C@H](Nc2cccc(C)n2)[C@@H](C)[C@@H]1C1CC1. The number of aromatic nitrogens is 1. The van der Waals surface area contributed by atoms with E-state index < -0.39 is 0 Å². The molecule has 0 unspecified atom stereocenters. The van der Waals surface area contributed by atoms with E-state index in [4.69, 9.17) is 9.72 Å². The summed E-state index contributed by atoms with van der Waals surface area (Å²) in [6, 6.07) is 13.0. The van der Waals surface area contributed by atoms with Crippen LogP contribution < -0.4 is 10.2 Å². The fourth-order valence-corrected chi connectivity index (χ4v) is 5.34. The van der Waals surface area contributed by atoms with Crippen molar-refractivity contribution in [2.24, 2.45) is 11.8 Å². The number of fused-ring (bicyclic) bond motifs is 1. The highest BCUT2D eigenvalue weighted by atomic mass is 16.5. The van der Waals surface area contributed by atoms with Gasteiger partial charge in [-0.25, -0.2) is 4.98 Å². The number of nitrogens with one attached hydrogen (secondary N) is 1. The number of carbonyl (C=O) groups excluding carboxylic acids is 1. The number of ether oxygens (including phenoxy) is 1. The van der Waals surface area contributed by atoms with E-state index in [1.807, 2.05) is 25.1 Å². The van der Waals surface area contributed by atoms with Crippen molar-refractivity contribution in [3.8, 4) is 0 Å². The van der Waals surface area contributed by atoms with Crippen molar-refractivity contribution in [2.45, 2.75) is 52.1 Å². The molecule has 162 valence electrons. The Labute approximate surface area is 184 Å². The lowest BCUT2D eigenvalue weighted by atomic mass is 9.79. The molecule has 5 rings (SSSR count). The van der Waals surface area contributed by atoms with E-state index >= 15 is 0 Å². The summed E-state index contributed by atoms with van der Waals surface area (Å²) in [6.45, 7) is 7.44. The molecule has 2 aromatic rings. The number of aryl methyl sites for hydroxylation is 1. The third-order valence-corrected chi connectivity index (χ3v) is 6.95. The van der Waals surface area contributed by atoms with Crippen molar-refractivity contribution in [3.63, 3.8) is 0 Å². The molecule has 0 radical (unpaired) electrons. The second-order valence-corrected chi connectivity index (χ2v) is 9.19. The Hall–Kier alpha value is -2.66. The molecular formula is C26H31N3O2. The van der Waals surface area contributed by atoms with Crippen LogP contribution in [0.5, 0.6) is 0 Å². The molecule has 0 bridgehead atoms. The molecule has 3 atom stereocenters. The third-order valence-electron chi connectivity index (χ3n) is 6.95. The minimum Gasteiger partial charge on any atom is -0.377 e. The van der Waals surface area contributed by atoms with Crippen molar-refractivity contribution in [1.82, 2.24) is 4.98 Å². The third kappa shape index (κ3) is 3.87. The highest BCUT2D eigenvalue weighted by molar-refractivity contribution is 5.94. The molecule has 3 aliphatic rings. The Morgan fingerprint density at radius 1 is 1.23 bits per heavy atom. The highest BCUT2D eigenvalue weighted by Crippen LogP contribution is 2.50. The number of anilines is 2. The van der Waals surface area contributed by atoms with Crippen molar-refractivity contribution in [3.05, 3.63) is 59.3 Å². The monoisotopic (exact) mass is 417 g/mol. The maximum Gasteiger partial charge on any atom is 0.224 e. The summed E-state index contributed by atoms with van der Waals surface area (Å²) >= 11 is 0. The standard InChI is InChI=1S/C26H31N3O2/c1-16-5-4-6-24(27-16)28-25-17(2)26(20-7-8-20)29(18(3)30)23-10-9-21(15-22(23)25)19-11-13-31-14-12-19/h4-6,9-11,15,17,20,25-26H,7-8,12-14H2,1-3H3,(H,27,28)/t17-,25-,26-/m1/s1. The molecule has 0 saturated heterocycles. The Morgan fingerprint density at radius 3 is 2.74 bits per heavy atom. The minimum atomic E-state index is 0.103. The molecule has 1 N–H and O–H groups in total. The van der Waals surface area contributed by atoms with E-state index in [-0.39, 0.29) is 23.9 Å². The highest BCUT2D eigenvalue weighted by Gasteiger charge is 2.47. The first kappa shape index (κ1) is 20.3. The van der Waals surface area contributed by atoms with E-state index in [0.29, 0.717) is 12.5 Å². The van der Waals surface area contributed by atoms with Gasteiger partial charge in [-0.05, 0) is 73.1 Å². The van der Waals surface area contributed by atoms with Gasteiger partial charge in [0.25, 0.3) is 0 Å². The summed E-state index contributed by atoms with van der Waals surface area (Å²) in [7, 11) is 0. The topological polar surface area (TPSA) is 54.5 Å². The van der Waals surface area contributed by atoms with Crippen molar-refractivity contribution >= 4 is 23.0 Å². The number of hydrogen-bond donors (Lipinski definition) is 1. The van der Waals surface area contributed by atoms with Crippen LogP contribution in [0.15, 0.2) is 42.5 Å². The molecule has 1 amide bonds. The Morgan fingerprint density at radius 2 is 2.06 bits per heavy atom. The van der Waals surface area contributed by atoms with E-state index in [1.165, 1.54) is 29.5 Å². The zero-order valence-corrected chi connectivity index (χ0v) is 18.6. The van der Waals surface area contributed by atoms with Crippen LogP contribution in [0.3, 0.4) is 0 Å². The second-order valence-electron chi connectivity index (χ2n) is 9.19. The van der Waals surface area contributed by atoms with Crippen LogP contribution in [0.1, 0.15) is 56.0 Å². The lowest BCUT2D eigenvalue weighted by Crippen LogP contribution is -2.51. The van der Waals surface area contributed by atoms with Gasteiger partial charge in [-0.3, -0.25) is 4.79 Å². The first-order valence-corrected chi connectivity index (χ1v) is 11.4. The molecule has 1 aromatic carbocycles. The van der Waals surface area contributed by atoms with Crippen LogP contribution >= 0.6 is 0 Å². The largest absolute Gasteiger partial charge is 0.377 e. The van der Waals surface area contributed by atoms with Gasteiger partial charge in [-0.2, -0.15) is 0 Å². The van der Waals surface area contributed by atoms with E-state index in [9.17, 15) is 4.79 Å². The summed E-state index contributed by atoms with van der Waals surface area (Å²) in [5.74, 6) is 1.89. The van der Waals surface area contributed by atoms with Gasteiger partial charge in [-0.1, -0.05) is 25.1 Å². The summed E-state index contributed by atoms with van der Waals surface area (Å²) in [5.41, 5.74) is 5.79. The summed E-state index contributed by atoms with van der Waals surface area (Å²) in [6.07, 6.45) is 5.51. The average molecular weight is 418 g/mol. The van der Waals surface area contributed by atoms with Crippen LogP contribution in [0.2, 0.25) is 0 Å². The Bertz CT molecular complexity index is 1030. The number of rotatable bonds is 4. The summed E-state index contributed by atoms with van der Waals surface area (Å²) in [4.78, 5) is 19.6. The molecule has 1 saturated carbocycles. The van der Waals surface area contributed by atoms with Crippen molar-refractivity contribution in [1.29, 1.82) is 0 Å². The van der Waals surface area contributed by atoms with Crippen LogP contribution in [-0.2, 0) is 9.53 Å². The van der Waals surface area contributed by atoms with Gasteiger partial charge >= 0.3 is 0 Å². The zero-order chi connectivity index (χ0) is 21.5. The number of carbonyl (C=O) groups is 1. The van der Waals surface area contributed by atoms with Gasteiger partial charge in [0.15, 0.2) is 0 Å². The van der Waals surface area contributed by atoms with E-state index in [1.54, 1.807) is 6.92 Å². The molecule has 1 fully saturated rings. The minimum absolute atomic E-state index is 0.103. The van der Waals surface area contributed by atoms with Crippen LogP contribution in [0.4, 0.5) is 11.5 Å². The molecular weight excluding hydrogens is 386 g/mol. The molecule has 1 aliphatic carbocycles. The van der Waals surface area contributed by atoms with Gasteiger partial charge in [-0.15, -0.1) is 0 Å². The quantitative estimate of drug-likeness (QED) is 0.749. The Balaban J connectivity index is 1.61. The first-order valence-electron chi connectivity index (χ1n) is 11.4. The van der Waals surface area contributed by atoms with Crippen LogP contribution in [0, 0.1) is 18.8 Å². The second kappa shape index (κ2) is 8.12. The molecule has 2 aliphatic heterocycles. The van der Waals surface area contributed by atoms with Crippen molar-refractivity contribution < 1.29 is 9.53 Å². The van der Waals surface area contributed by atoms with Gasteiger partial charge in [0.05, 0.1) is 19.3 Å². The maximum absolute atomic E-state index is 12.8. The predicted octanol–water partition coefficient (Wildman–Crippen LogP) is 5.13. The van der Waals surface area contributed by atoms with Gasteiger partial charge in [0, 0.05) is 30.3 Å². The summed E-state index contributed by atoms with van der Waals surface area (Å²) < 4.78 is 5.51. The summed E-state index contributed by atoms with van der Waals surface area (Å²) in [5, 5.41) is 3.74. The lowest BCUT2D eigenvalue weighted by molar-refractivity contribution is -0.117. The number of pyridine rings is 1. The van der Waals surface area contributed by atoms with Gasteiger partial charge < -0.3 is 15.0 Å². The van der Waals surface area contributed by atoms with Crippen LogP contribution in [-0.4, -0.2) is 30.1 Å². The average Bonchev–Trinajstić information content (AvgIpc) is 3.60. The molecule has 31 heavy (non-hydrogen) atoms. The van der Waals surface area contributed by atoms with Gasteiger partial charge in [0.2, 0.25) is 5.91 Å². The molecule has 1 aromatic heterocycles. The first-order chi connectivity index (χ1) is 15.0. The zero-order valence-electron chi connectivity index (χ0n) is 18.6. The normalized spacial score (nSPS) is 25.6. The number of hydrogen-bond acceptors (Lipinski definition) is 4. The smallest absolute Gasteiger partial charge is 0.224 e. The Kier molecular flexibility index (Phi) is 5.30. The van der Waals surface area contributed by atoms with E-state index in [0.717, 1.165) is 30.2 Å².